The van der Waals surface area contributed by atoms with Gasteiger partial charge in [-0.2, -0.15) is 0 Å². The molecule has 3 aliphatic rings. The molecule has 7 rings (SSSR count). The normalized spacial score (nSPS) is 21.4. The number of ether oxygens (including phenoxy) is 4. The standard InChI is InChI=1S/C62H82N2O9/c1-3-5-6-7-8-9-10-11-18-29-59(68)64(36-41-69-42-39-67)58-45-56(63-71-46-47-23-14-12-15-24-47)54-43-50(27-19-21-37-65)53(28-20-22-38-66)60-55-44-52(34-35-57(55)73-62(58,61(54)60)70-40-4-2)72-51-32-30-49(31-33-51)48-25-16-13-17-26-48/h4,12-17,23-26,30-35,43-44,50,53,58,60-61,65-67H,2-3,5-11,18-22,27-29,36-42,45-46H2,1H3. The molecule has 4 aromatic rings. The molecule has 1 saturated carbocycles. The van der Waals surface area contributed by atoms with Crippen LogP contribution in [0.3, 0.4) is 0 Å². The average molecular weight is 999 g/mol. The minimum Gasteiger partial charge on any atom is -0.459 e. The molecule has 2 aliphatic carbocycles. The first-order valence-corrected chi connectivity index (χ1v) is 27.5. The fraction of sp³-hybridized carbons (Fsp3) is 0.516. The van der Waals surface area contributed by atoms with Gasteiger partial charge in [0.2, 0.25) is 11.7 Å². The van der Waals surface area contributed by atoms with Gasteiger partial charge in [0.15, 0.2) is 0 Å². The van der Waals surface area contributed by atoms with Crippen molar-refractivity contribution >= 4 is 11.6 Å². The van der Waals surface area contributed by atoms with Gasteiger partial charge in [-0.05, 0) is 96.5 Å². The summed E-state index contributed by atoms with van der Waals surface area (Å²) in [5.41, 5.74) is 5.91. The summed E-state index contributed by atoms with van der Waals surface area (Å²) >= 11 is 0. The van der Waals surface area contributed by atoms with Crippen LogP contribution in [0, 0.1) is 17.8 Å². The summed E-state index contributed by atoms with van der Waals surface area (Å²) in [7, 11) is 0. The van der Waals surface area contributed by atoms with E-state index in [9.17, 15) is 15.3 Å². The minimum atomic E-state index is -1.40. The first-order chi connectivity index (χ1) is 35.9. The molecular weight excluding hydrogens is 917 g/mol. The van der Waals surface area contributed by atoms with E-state index in [0.29, 0.717) is 42.9 Å². The second kappa shape index (κ2) is 29.6. The number of hydrogen-bond acceptors (Lipinski definition) is 10. The fourth-order valence-corrected chi connectivity index (χ4v) is 11.5. The number of allylic oxidation sites excluding steroid dienone is 1. The molecule has 1 aliphatic heterocycles. The maximum atomic E-state index is 15.1. The number of aliphatic hydroxyl groups is 3. The lowest BCUT2D eigenvalue weighted by molar-refractivity contribution is -0.258. The summed E-state index contributed by atoms with van der Waals surface area (Å²) in [5, 5.41) is 34.9. The van der Waals surface area contributed by atoms with Crippen molar-refractivity contribution in [3.63, 3.8) is 0 Å². The van der Waals surface area contributed by atoms with Crippen molar-refractivity contribution in [3.8, 4) is 28.4 Å². The number of unbranched alkanes of at least 4 members (excludes halogenated alkanes) is 10. The van der Waals surface area contributed by atoms with Crippen LogP contribution >= 0.6 is 0 Å². The molecule has 73 heavy (non-hydrogen) atoms. The second-order valence-corrected chi connectivity index (χ2v) is 20.0. The molecule has 0 aromatic heterocycles. The minimum absolute atomic E-state index is 0.00994. The Morgan fingerprint density at radius 1 is 0.767 bits per heavy atom. The van der Waals surface area contributed by atoms with E-state index in [1.807, 2.05) is 77.7 Å². The van der Waals surface area contributed by atoms with Gasteiger partial charge in [0.05, 0.1) is 38.1 Å². The monoisotopic (exact) mass is 999 g/mol. The molecule has 11 nitrogen and oxygen atoms in total. The summed E-state index contributed by atoms with van der Waals surface area (Å²) in [5.74, 6) is 0.0790. The zero-order chi connectivity index (χ0) is 51.1. The number of rotatable bonds is 33. The molecule has 1 heterocycles. The van der Waals surface area contributed by atoms with Crippen molar-refractivity contribution in [3.05, 3.63) is 139 Å². The van der Waals surface area contributed by atoms with Crippen molar-refractivity contribution in [2.45, 2.75) is 140 Å². The summed E-state index contributed by atoms with van der Waals surface area (Å²) in [6.07, 6.45) is 19.6. The lowest BCUT2D eigenvalue weighted by Crippen LogP contribution is -2.70. The Labute approximate surface area is 435 Å². The number of amides is 1. The van der Waals surface area contributed by atoms with Crippen molar-refractivity contribution < 1.29 is 43.9 Å². The van der Waals surface area contributed by atoms with E-state index < -0.39 is 17.7 Å². The highest BCUT2D eigenvalue weighted by Crippen LogP contribution is 2.62. The first-order valence-electron chi connectivity index (χ1n) is 27.5. The Morgan fingerprint density at radius 3 is 2.14 bits per heavy atom. The van der Waals surface area contributed by atoms with Crippen molar-refractivity contribution in [2.24, 2.45) is 22.9 Å². The third-order valence-electron chi connectivity index (χ3n) is 15.0. The third-order valence-corrected chi connectivity index (χ3v) is 15.0. The van der Waals surface area contributed by atoms with E-state index in [4.69, 9.17) is 28.9 Å². The largest absolute Gasteiger partial charge is 0.459 e. The Morgan fingerprint density at radius 2 is 1.44 bits per heavy atom. The number of benzene rings is 4. The number of fused-ring (bicyclic) bond motifs is 2. The summed E-state index contributed by atoms with van der Waals surface area (Å²) < 4.78 is 27.4. The third kappa shape index (κ3) is 14.9. The van der Waals surface area contributed by atoms with Crippen LogP contribution in [0.15, 0.2) is 133 Å². The van der Waals surface area contributed by atoms with Crippen molar-refractivity contribution in [2.75, 3.05) is 46.2 Å². The Balaban J connectivity index is 1.33. The molecule has 394 valence electrons. The maximum Gasteiger partial charge on any atom is 0.239 e. The van der Waals surface area contributed by atoms with E-state index in [0.717, 1.165) is 78.5 Å². The van der Waals surface area contributed by atoms with E-state index in [2.05, 4.69) is 49.9 Å². The van der Waals surface area contributed by atoms with E-state index in [1.165, 1.54) is 38.5 Å². The Hall–Kier alpha value is -5.30. The lowest BCUT2D eigenvalue weighted by atomic mass is 9.55. The highest BCUT2D eigenvalue weighted by Gasteiger charge is 2.65. The highest BCUT2D eigenvalue weighted by atomic mass is 16.7. The van der Waals surface area contributed by atoms with Gasteiger partial charge in [0.25, 0.3) is 0 Å². The van der Waals surface area contributed by atoms with Gasteiger partial charge in [-0.1, -0.05) is 161 Å². The SMILES string of the molecule is C=CCOC12Oc3ccc(Oc4ccc(-c5ccccc5)cc4)cc3C3C(CCCCO)C(CCCCO)C=C(C(=NOCc4ccccc4)CC1N(CCOCCO)C(=O)CCCCCCCCCCC)C32. The second-order valence-electron chi connectivity index (χ2n) is 20.0. The average Bonchev–Trinajstić information content (AvgIpc) is 3.42. The molecule has 3 N–H and O–H groups in total. The van der Waals surface area contributed by atoms with E-state index in [-0.39, 0.29) is 76.5 Å². The number of oxime groups is 1. The van der Waals surface area contributed by atoms with Crippen LogP contribution in [-0.4, -0.2) is 89.9 Å². The van der Waals surface area contributed by atoms with E-state index >= 15 is 4.79 Å². The van der Waals surface area contributed by atoms with Crippen LogP contribution in [0.2, 0.25) is 0 Å². The smallest absolute Gasteiger partial charge is 0.239 e. The predicted octanol–water partition coefficient (Wildman–Crippen LogP) is 12.7. The van der Waals surface area contributed by atoms with Crippen LogP contribution < -0.4 is 9.47 Å². The molecular formula is C62H82N2O9. The molecule has 6 atom stereocenters. The first kappa shape index (κ1) is 55.5. The molecule has 6 unspecified atom stereocenters. The van der Waals surface area contributed by atoms with Gasteiger partial charge in [-0.15, -0.1) is 6.58 Å². The van der Waals surface area contributed by atoms with E-state index in [1.54, 1.807) is 6.08 Å². The number of hydrogen-bond donors (Lipinski definition) is 3. The molecule has 1 fully saturated rings. The molecule has 0 spiro atoms. The van der Waals surface area contributed by atoms with Crippen LogP contribution in [0.1, 0.15) is 133 Å². The highest BCUT2D eigenvalue weighted by molar-refractivity contribution is 6.03. The number of nitrogens with zero attached hydrogens (tertiary/aromatic N) is 2. The zero-order valence-corrected chi connectivity index (χ0v) is 43.4. The van der Waals surface area contributed by atoms with Crippen LogP contribution in [0.5, 0.6) is 17.2 Å². The Kier molecular flexibility index (Phi) is 22.4. The fourth-order valence-electron chi connectivity index (χ4n) is 11.5. The molecule has 0 saturated heterocycles. The zero-order valence-electron chi connectivity index (χ0n) is 43.4. The van der Waals surface area contributed by atoms with Gasteiger partial charge in [-0.25, -0.2) is 0 Å². The quantitative estimate of drug-likeness (QED) is 0.0242. The molecule has 4 aromatic carbocycles. The molecule has 0 radical (unpaired) electrons. The Bertz CT molecular complexity index is 2320. The van der Waals surface area contributed by atoms with Crippen LogP contribution in [0.25, 0.3) is 11.1 Å². The topological polar surface area (TPSA) is 140 Å². The summed E-state index contributed by atoms with van der Waals surface area (Å²) in [6.45, 7) is 7.48. The van der Waals surface area contributed by atoms with Crippen LogP contribution in [-0.2, 0) is 25.7 Å². The number of carbonyl (C=O) groups excluding carboxylic acids is 1. The molecule has 1 amide bonds. The van der Waals surface area contributed by atoms with Crippen molar-refractivity contribution in [1.82, 2.24) is 4.90 Å². The van der Waals surface area contributed by atoms with Gasteiger partial charge in [-0.3, -0.25) is 4.79 Å². The molecule has 11 heteroatoms. The predicted molar refractivity (Wildman–Crippen MR) is 290 cm³/mol. The van der Waals surface area contributed by atoms with Gasteiger partial charge in [0, 0.05) is 44.1 Å². The lowest BCUT2D eigenvalue weighted by Gasteiger charge is -2.60. The van der Waals surface area contributed by atoms with Crippen LogP contribution in [0.4, 0.5) is 0 Å². The summed E-state index contributed by atoms with van der Waals surface area (Å²) in [6, 6.07) is 33.8. The van der Waals surface area contributed by atoms with Gasteiger partial charge < -0.3 is 44.0 Å². The molecule has 0 bridgehead atoms. The summed E-state index contributed by atoms with van der Waals surface area (Å²) in [4.78, 5) is 23.3. The van der Waals surface area contributed by atoms with Gasteiger partial charge >= 0.3 is 0 Å². The van der Waals surface area contributed by atoms with Gasteiger partial charge in [0.1, 0.15) is 29.9 Å². The van der Waals surface area contributed by atoms with Crippen molar-refractivity contribution in [1.29, 1.82) is 0 Å². The number of aliphatic hydroxyl groups excluding tert-OH is 3. The number of carbonyl (C=O) groups is 1. The maximum absolute atomic E-state index is 15.1.